The van der Waals surface area contributed by atoms with Crippen molar-refractivity contribution in [3.63, 3.8) is 0 Å². The highest BCUT2D eigenvalue weighted by Gasteiger charge is 2.61. The van der Waals surface area contributed by atoms with E-state index in [1.54, 1.807) is 0 Å². The first-order chi connectivity index (χ1) is 19.6. The second-order valence-corrected chi connectivity index (χ2v) is 10.2. The Balaban J connectivity index is 1.40. The molecule has 1 saturated carbocycles. The molecule has 4 aromatic rings. The van der Waals surface area contributed by atoms with Crippen LogP contribution in [0.3, 0.4) is 0 Å². The molecule has 40 heavy (non-hydrogen) atoms. The number of benzene rings is 4. The third-order valence-electron chi connectivity index (χ3n) is 7.33. The maximum absolute atomic E-state index is 12.2. The summed E-state index contributed by atoms with van der Waals surface area (Å²) in [7, 11) is 0. The molecule has 5 atom stereocenters. The van der Waals surface area contributed by atoms with Crippen molar-refractivity contribution < 1.29 is 24.1 Å². The largest absolute Gasteiger partial charge is 0.383 e. The summed E-state index contributed by atoms with van der Waals surface area (Å²) in [5.74, 6) is 0. The Morgan fingerprint density at radius 1 is 0.525 bits per heavy atom. The van der Waals surface area contributed by atoms with Crippen LogP contribution >= 0.6 is 0 Å². The topological polar surface area (TPSA) is 83.2 Å². The minimum absolute atomic E-state index is 0.0289. The Bertz CT molecular complexity index is 1280. The monoisotopic (exact) mass is 539 g/mol. The van der Waals surface area contributed by atoms with Gasteiger partial charge >= 0.3 is 0 Å². The van der Waals surface area contributed by atoms with Crippen LogP contribution in [-0.2, 0) is 45.4 Å². The van der Waals surface area contributed by atoms with Crippen molar-refractivity contribution in [1.82, 2.24) is 0 Å². The molecule has 0 amide bonds. The van der Waals surface area contributed by atoms with Crippen LogP contribution < -0.4 is 5.73 Å². The minimum Gasteiger partial charge on any atom is -0.383 e. The zero-order valence-electron chi connectivity index (χ0n) is 22.5. The standard InChI is InChI=1S/C34H37NO5/c35-32-30(38-22-27-15-7-2-8-16-27)31(39-23-28-17-9-3-10-18-28)33(40-24-29-19-11-4-12-20-29)34(32,36)25-37-21-26-13-5-1-6-14-26/h1-20,30-33,36H,21-25,35H2/t30-,31-,32+,33-,34-/m1/s1. The second kappa shape index (κ2) is 13.8. The van der Waals surface area contributed by atoms with Crippen LogP contribution in [0.5, 0.6) is 0 Å². The predicted molar refractivity (Wildman–Crippen MR) is 154 cm³/mol. The van der Waals surface area contributed by atoms with Gasteiger partial charge in [-0.05, 0) is 22.3 Å². The third-order valence-corrected chi connectivity index (χ3v) is 7.33. The Kier molecular flexibility index (Phi) is 9.73. The van der Waals surface area contributed by atoms with Gasteiger partial charge in [-0.2, -0.15) is 0 Å². The molecule has 0 aromatic heterocycles. The Morgan fingerprint density at radius 3 is 1.35 bits per heavy atom. The molecule has 0 heterocycles. The van der Waals surface area contributed by atoms with Crippen molar-refractivity contribution in [2.75, 3.05) is 6.61 Å². The number of hydrogen-bond acceptors (Lipinski definition) is 6. The minimum atomic E-state index is -1.55. The lowest BCUT2D eigenvalue weighted by Crippen LogP contribution is -2.57. The van der Waals surface area contributed by atoms with Crippen molar-refractivity contribution >= 4 is 0 Å². The summed E-state index contributed by atoms with van der Waals surface area (Å²) in [4.78, 5) is 0. The molecule has 3 N–H and O–H groups in total. The van der Waals surface area contributed by atoms with Crippen LogP contribution in [0, 0.1) is 0 Å². The fraction of sp³-hybridized carbons (Fsp3) is 0.294. The molecule has 0 unspecified atom stereocenters. The van der Waals surface area contributed by atoms with E-state index in [4.69, 9.17) is 24.7 Å². The van der Waals surface area contributed by atoms with E-state index in [9.17, 15) is 5.11 Å². The molecule has 5 rings (SSSR count). The Morgan fingerprint density at radius 2 is 0.900 bits per heavy atom. The van der Waals surface area contributed by atoms with Gasteiger partial charge in [-0.15, -0.1) is 0 Å². The lowest BCUT2D eigenvalue weighted by molar-refractivity contribution is -0.173. The van der Waals surface area contributed by atoms with Gasteiger partial charge in [0.2, 0.25) is 0 Å². The van der Waals surface area contributed by atoms with Gasteiger partial charge in [-0.1, -0.05) is 121 Å². The van der Waals surface area contributed by atoms with Crippen molar-refractivity contribution in [3.05, 3.63) is 144 Å². The van der Waals surface area contributed by atoms with Gasteiger partial charge in [0.25, 0.3) is 0 Å². The van der Waals surface area contributed by atoms with Gasteiger partial charge in [-0.25, -0.2) is 0 Å². The van der Waals surface area contributed by atoms with Gasteiger partial charge in [0.1, 0.15) is 23.9 Å². The van der Waals surface area contributed by atoms with Gasteiger partial charge in [-0.3, -0.25) is 0 Å². The zero-order chi connectivity index (χ0) is 27.6. The maximum atomic E-state index is 12.2. The highest BCUT2D eigenvalue weighted by molar-refractivity contribution is 5.19. The van der Waals surface area contributed by atoms with Crippen molar-refractivity contribution in [1.29, 1.82) is 0 Å². The van der Waals surface area contributed by atoms with Crippen LogP contribution in [0.15, 0.2) is 121 Å². The van der Waals surface area contributed by atoms with Crippen LogP contribution in [0.4, 0.5) is 0 Å². The molecule has 6 heteroatoms. The quantitative estimate of drug-likeness (QED) is 0.248. The van der Waals surface area contributed by atoms with Crippen LogP contribution in [0.1, 0.15) is 22.3 Å². The lowest BCUT2D eigenvalue weighted by atomic mass is 9.96. The smallest absolute Gasteiger partial charge is 0.134 e. The normalized spacial score (nSPS) is 24.2. The van der Waals surface area contributed by atoms with E-state index in [1.165, 1.54) is 0 Å². The Labute approximate surface area is 236 Å². The van der Waals surface area contributed by atoms with Crippen molar-refractivity contribution in [3.8, 4) is 0 Å². The predicted octanol–water partition coefficient (Wildman–Crippen LogP) is 5.03. The molecule has 1 aliphatic rings. The average molecular weight is 540 g/mol. The fourth-order valence-corrected chi connectivity index (χ4v) is 5.13. The van der Waals surface area contributed by atoms with E-state index in [1.807, 2.05) is 121 Å². The van der Waals surface area contributed by atoms with E-state index in [0.29, 0.717) is 19.8 Å². The molecule has 0 saturated heterocycles. The van der Waals surface area contributed by atoms with E-state index in [2.05, 4.69) is 0 Å². The summed E-state index contributed by atoms with van der Waals surface area (Å²) < 4.78 is 25.4. The summed E-state index contributed by atoms with van der Waals surface area (Å²) in [5.41, 5.74) is 9.27. The van der Waals surface area contributed by atoms with E-state index in [0.717, 1.165) is 22.3 Å². The highest BCUT2D eigenvalue weighted by Crippen LogP contribution is 2.38. The molecular formula is C34H37NO5. The fourth-order valence-electron chi connectivity index (χ4n) is 5.13. The number of hydrogen-bond donors (Lipinski definition) is 2. The average Bonchev–Trinajstić information content (AvgIpc) is 3.20. The Hall–Kier alpha value is -3.36. The van der Waals surface area contributed by atoms with Crippen LogP contribution in [0.25, 0.3) is 0 Å². The summed E-state index contributed by atoms with van der Waals surface area (Å²) in [5, 5.41) is 12.2. The highest BCUT2D eigenvalue weighted by atomic mass is 16.6. The third kappa shape index (κ3) is 7.04. The molecule has 0 spiro atoms. The molecule has 1 fully saturated rings. The molecule has 1 aliphatic carbocycles. The van der Waals surface area contributed by atoms with E-state index < -0.39 is 30.0 Å². The maximum Gasteiger partial charge on any atom is 0.134 e. The van der Waals surface area contributed by atoms with Crippen molar-refractivity contribution in [2.24, 2.45) is 5.73 Å². The molecule has 208 valence electrons. The van der Waals surface area contributed by atoms with Crippen LogP contribution in [-0.4, -0.2) is 41.7 Å². The lowest BCUT2D eigenvalue weighted by Gasteiger charge is -2.34. The molecular weight excluding hydrogens is 502 g/mol. The van der Waals surface area contributed by atoms with Gasteiger partial charge in [0, 0.05) is 0 Å². The summed E-state index contributed by atoms with van der Waals surface area (Å²) in [6.07, 6.45) is -2.05. The van der Waals surface area contributed by atoms with E-state index >= 15 is 0 Å². The first-order valence-corrected chi connectivity index (χ1v) is 13.7. The summed E-state index contributed by atoms with van der Waals surface area (Å²) >= 11 is 0. The van der Waals surface area contributed by atoms with Gasteiger partial charge in [0.15, 0.2) is 0 Å². The number of aliphatic hydroxyl groups is 1. The molecule has 4 aromatic carbocycles. The number of ether oxygens (including phenoxy) is 4. The summed E-state index contributed by atoms with van der Waals surface area (Å²) in [6.45, 7) is 1.26. The first kappa shape index (κ1) is 28.2. The molecule has 6 nitrogen and oxygen atoms in total. The number of nitrogens with two attached hydrogens (primary N) is 1. The molecule has 0 aliphatic heterocycles. The number of rotatable bonds is 13. The SMILES string of the molecule is N[C@H]1[C@H](OCc2ccccc2)[C@@H](OCc2ccccc2)[C@@H](OCc2ccccc2)[C@@]1(O)COCc1ccccc1. The van der Waals surface area contributed by atoms with E-state index in [-0.39, 0.29) is 13.2 Å². The van der Waals surface area contributed by atoms with Crippen molar-refractivity contribution in [2.45, 2.75) is 56.4 Å². The summed E-state index contributed by atoms with van der Waals surface area (Å²) in [6, 6.07) is 38.7. The van der Waals surface area contributed by atoms with Crippen LogP contribution in [0.2, 0.25) is 0 Å². The zero-order valence-corrected chi connectivity index (χ0v) is 22.5. The van der Waals surface area contributed by atoms with Gasteiger partial charge < -0.3 is 29.8 Å². The second-order valence-electron chi connectivity index (χ2n) is 10.2. The van der Waals surface area contributed by atoms with Gasteiger partial charge in [0.05, 0.1) is 39.1 Å². The first-order valence-electron chi connectivity index (χ1n) is 13.7. The molecule has 0 radical (unpaired) electrons. The molecule has 0 bridgehead atoms.